The highest BCUT2D eigenvalue weighted by Crippen LogP contribution is 2.31. The number of methoxy groups -OCH3 is 1. The first kappa shape index (κ1) is 16.4. The van der Waals surface area contributed by atoms with Crippen LogP contribution in [0.15, 0.2) is 12.1 Å². The molecule has 1 aromatic rings. The van der Waals surface area contributed by atoms with E-state index in [-0.39, 0.29) is 5.69 Å². The molecule has 0 atom stereocenters. The molecule has 0 fully saturated rings. The fourth-order valence-corrected chi connectivity index (χ4v) is 1.79. The molecule has 0 unspecified atom stereocenters. The van der Waals surface area contributed by atoms with Crippen LogP contribution in [0.4, 0.5) is 5.69 Å². The van der Waals surface area contributed by atoms with Gasteiger partial charge in [0.15, 0.2) is 5.75 Å². The van der Waals surface area contributed by atoms with E-state index in [9.17, 15) is 10.1 Å². The first-order valence-electron chi connectivity index (χ1n) is 6.48. The van der Waals surface area contributed by atoms with Crippen LogP contribution in [-0.2, 0) is 12.8 Å². The first-order valence-corrected chi connectivity index (χ1v) is 6.48. The van der Waals surface area contributed by atoms with Gasteiger partial charge in [-0.25, -0.2) is 0 Å². The predicted octanol–water partition coefficient (Wildman–Crippen LogP) is 4.14. The number of benzene rings is 1. The number of hydrogen-bond donors (Lipinski definition) is 0. The van der Waals surface area contributed by atoms with Gasteiger partial charge in [0.1, 0.15) is 0 Å². The molecule has 0 aliphatic carbocycles. The molecule has 0 saturated heterocycles. The van der Waals surface area contributed by atoms with Gasteiger partial charge in [0.2, 0.25) is 0 Å². The molecule has 0 bridgehead atoms. The van der Waals surface area contributed by atoms with Gasteiger partial charge in [0.25, 0.3) is 0 Å². The van der Waals surface area contributed by atoms with Crippen molar-refractivity contribution in [2.75, 3.05) is 7.11 Å². The lowest BCUT2D eigenvalue weighted by atomic mass is 10.00. The zero-order valence-electron chi connectivity index (χ0n) is 11.9. The summed E-state index contributed by atoms with van der Waals surface area (Å²) >= 11 is 0. The predicted molar refractivity (Wildman–Crippen MR) is 74.4 cm³/mol. The molecule has 1 rings (SSSR count). The highest BCUT2D eigenvalue weighted by atomic mass is 16.6. The first-order chi connectivity index (χ1) is 8.63. The fourth-order valence-electron chi connectivity index (χ4n) is 1.79. The Hall–Kier alpha value is -1.58. The number of nitro groups is 1. The third-order valence-corrected chi connectivity index (χ3v) is 2.60. The molecule has 18 heavy (non-hydrogen) atoms. The van der Waals surface area contributed by atoms with Crippen molar-refractivity contribution in [2.24, 2.45) is 0 Å². The van der Waals surface area contributed by atoms with Gasteiger partial charge in [-0.1, -0.05) is 34.1 Å². The minimum absolute atomic E-state index is 0.0585. The Morgan fingerprint density at radius 1 is 1.22 bits per heavy atom. The molecule has 0 N–H and O–H groups in total. The Labute approximate surface area is 109 Å². The van der Waals surface area contributed by atoms with Crippen LogP contribution >= 0.6 is 0 Å². The van der Waals surface area contributed by atoms with Gasteiger partial charge in [-0.3, -0.25) is 10.1 Å². The van der Waals surface area contributed by atoms with Crippen molar-refractivity contribution in [3.05, 3.63) is 33.4 Å². The lowest BCUT2D eigenvalue weighted by Crippen LogP contribution is -1.99. The van der Waals surface area contributed by atoms with Crippen molar-refractivity contribution in [2.45, 2.75) is 47.0 Å². The Bertz CT molecular complexity index is 389. The zero-order valence-corrected chi connectivity index (χ0v) is 11.9. The monoisotopic (exact) mass is 253 g/mol. The Morgan fingerprint density at radius 3 is 2.22 bits per heavy atom. The van der Waals surface area contributed by atoms with E-state index < -0.39 is 4.92 Å². The number of aryl methyl sites for hydroxylation is 2. The van der Waals surface area contributed by atoms with Crippen LogP contribution in [0.25, 0.3) is 0 Å². The summed E-state index contributed by atoms with van der Waals surface area (Å²) in [4.78, 5) is 10.5. The van der Waals surface area contributed by atoms with Crippen LogP contribution in [0.1, 0.15) is 45.2 Å². The molecule has 1 aromatic carbocycles. The van der Waals surface area contributed by atoms with Crippen molar-refractivity contribution in [3.63, 3.8) is 0 Å². The highest BCUT2D eigenvalue weighted by Gasteiger charge is 2.17. The number of rotatable bonds is 5. The second kappa shape index (κ2) is 8.50. The molecule has 0 radical (unpaired) electrons. The molecule has 4 nitrogen and oxygen atoms in total. The van der Waals surface area contributed by atoms with E-state index >= 15 is 0 Å². The van der Waals surface area contributed by atoms with Crippen LogP contribution in [0, 0.1) is 10.1 Å². The quantitative estimate of drug-likeness (QED) is 0.585. The van der Waals surface area contributed by atoms with E-state index in [4.69, 9.17) is 4.74 Å². The molecule has 0 amide bonds. The van der Waals surface area contributed by atoms with Gasteiger partial charge in [0.05, 0.1) is 12.0 Å². The van der Waals surface area contributed by atoms with Gasteiger partial charge >= 0.3 is 5.69 Å². The summed E-state index contributed by atoms with van der Waals surface area (Å²) in [5.41, 5.74) is 2.24. The topological polar surface area (TPSA) is 52.4 Å². The van der Waals surface area contributed by atoms with Crippen molar-refractivity contribution >= 4 is 5.69 Å². The summed E-state index contributed by atoms with van der Waals surface area (Å²) in [7, 11) is 1.46. The maximum atomic E-state index is 10.9. The molecular formula is C14H23NO3. The standard InChI is InChI=1S/C12H17NO3.C2H6/c1-4-6-10-7-11(13(14)15)12(16-3)8-9(10)5-2;1-2/h7-8H,4-6H2,1-3H3;1-2H3. The third kappa shape index (κ3) is 4.02. The molecule has 0 aliphatic heterocycles. The fraction of sp³-hybridized carbons (Fsp3) is 0.571. The minimum atomic E-state index is -0.391. The lowest BCUT2D eigenvalue weighted by Gasteiger charge is -2.09. The van der Waals surface area contributed by atoms with Crippen LogP contribution in [0.2, 0.25) is 0 Å². The van der Waals surface area contributed by atoms with Crippen molar-refractivity contribution in [1.82, 2.24) is 0 Å². The van der Waals surface area contributed by atoms with Crippen LogP contribution in [0.3, 0.4) is 0 Å². The summed E-state index contributed by atoms with van der Waals surface area (Å²) < 4.78 is 5.04. The maximum Gasteiger partial charge on any atom is 0.311 e. The largest absolute Gasteiger partial charge is 0.490 e. The number of hydrogen-bond acceptors (Lipinski definition) is 3. The van der Waals surface area contributed by atoms with Gasteiger partial charge in [-0.2, -0.15) is 0 Å². The van der Waals surface area contributed by atoms with E-state index in [0.717, 1.165) is 30.4 Å². The maximum absolute atomic E-state index is 10.9. The van der Waals surface area contributed by atoms with E-state index in [0.29, 0.717) is 5.75 Å². The highest BCUT2D eigenvalue weighted by molar-refractivity contribution is 5.52. The van der Waals surface area contributed by atoms with E-state index in [1.807, 2.05) is 20.8 Å². The Morgan fingerprint density at radius 2 is 1.83 bits per heavy atom. The molecule has 0 spiro atoms. The number of nitrogens with zero attached hydrogens (tertiary/aromatic N) is 1. The van der Waals surface area contributed by atoms with Crippen LogP contribution in [0.5, 0.6) is 5.75 Å². The molecule has 102 valence electrons. The van der Waals surface area contributed by atoms with Gasteiger partial charge in [-0.05, 0) is 30.0 Å². The molecule has 0 aromatic heterocycles. The average Bonchev–Trinajstić information content (AvgIpc) is 2.40. The summed E-state index contributed by atoms with van der Waals surface area (Å²) in [6, 6.07) is 3.42. The normalized spacial score (nSPS) is 9.39. The second-order valence-electron chi connectivity index (χ2n) is 3.65. The summed E-state index contributed by atoms with van der Waals surface area (Å²) in [5, 5.41) is 10.9. The van der Waals surface area contributed by atoms with E-state index in [1.165, 1.54) is 7.11 Å². The molecule has 0 saturated carbocycles. The molecule has 4 heteroatoms. The third-order valence-electron chi connectivity index (χ3n) is 2.60. The van der Waals surface area contributed by atoms with Gasteiger partial charge in [-0.15, -0.1) is 0 Å². The summed E-state index contributed by atoms with van der Waals surface area (Å²) in [6.45, 7) is 8.11. The number of nitro benzene ring substituents is 1. The minimum Gasteiger partial charge on any atom is -0.490 e. The summed E-state index contributed by atoms with van der Waals surface area (Å²) in [5.74, 6) is 0.349. The average molecular weight is 253 g/mol. The SMILES string of the molecule is CC.CCCc1cc([N+](=O)[O-])c(OC)cc1CC. The second-order valence-corrected chi connectivity index (χ2v) is 3.65. The van der Waals surface area contributed by atoms with Gasteiger partial charge < -0.3 is 4.74 Å². The lowest BCUT2D eigenvalue weighted by molar-refractivity contribution is -0.385. The smallest absolute Gasteiger partial charge is 0.311 e. The Balaban J connectivity index is 0.00000137. The summed E-state index contributed by atoms with van der Waals surface area (Å²) in [6.07, 6.45) is 2.72. The van der Waals surface area contributed by atoms with E-state index in [2.05, 4.69) is 6.92 Å². The Kier molecular flexibility index (Phi) is 7.76. The van der Waals surface area contributed by atoms with Crippen molar-refractivity contribution in [3.8, 4) is 5.75 Å². The molecule has 0 aliphatic rings. The van der Waals surface area contributed by atoms with Crippen molar-refractivity contribution in [1.29, 1.82) is 0 Å². The van der Waals surface area contributed by atoms with Crippen LogP contribution in [-0.4, -0.2) is 12.0 Å². The molecular weight excluding hydrogens is 230 g/mol. The van der Waals surface area contributed by atoms with Gasteiger partial charge in [0, 0.05) is 6.07 Å². The van der Waals surface area contributed by atoms with E-state index in [1.54, 1.807) is 12.1 Å². The van der Waals surface area contributed by atoms with Crippen molar-refractivity contribution < 1.29 is 9.66 Å². The zero-order chi connectivity index (χ0) is 14.1. The van der Waals surface area contributed by atoms with Crippen LogP contribution < -0.4 is 4.74 Å². The number of ether oxygens (including phenoxy) is 1. The molecule has 0 heterocycles.